The van der Waals surface area contributed by atoms with Gasteiger partial charge in [0.15, 0.2) is 0 Å². The Kier molecular flexibility index (Phi) is 9.13. The lowest BCUT2D eigenvalue weighted by molar-refractivity contribution is -0.143. The molecule has 2 aromatic rings. The maximum absolute atomic E-state index is 13.1. The summed E-state index contributed by atoms with van der Waals surface area (Å²) in [5, 5.41) is 2.04. The Balaban J connectivity index is 2.28. The number of likely N-dealkylation sites (N-methyl/N-ethyl adjacent to an activating group) is 2. The van der Waals surface area contributed by atoms with Crippen molar-refractivity contribution in [2.45, 2.75) is 26.2 Å². The average molecular weight is 505 g/mol. The molecule has 0 fully saturated rings. The van der Waals surface area contributed by atoms with Crippen LogP contribution < -0.4 is 10.1 Å². The van der Waals surface area contributed by atoms with Gasteiger partial charge in [0, 0.05) is 25.3 Å². The number of carbonyl (C=O) groups is 2. The highest BCUT2D eigenvalue weighted by Crippen LogP contribution is 2.37. The number of nitrogens with one attached hydrogen (secondary N) is 1. The van der Waals surface area contributed by atoms with Crippen LogP contribution in [0.25, 0.3) is 0 Å². The molecule has 1 N–H and O–H groups in total. The molecule has 0 radical (unpaired) electrons. The number of alkyl halides is 6. The van der Waals surface area contributed by atoms with E-state index >= 15 is 0 Å². The molecule has 2 aromatic carbocycles. The van der Waals surface area contributed by atoms with E-state index < -0.39 is 41.2 Å². The molecule has 35 heavy (non-hydrogen) atoms. The van der Waals surface area contributed by atoms with E-state index in [9.17, 15) is 35.9 Å². The third-order valence-electron chi connectivity index (χ3n) is 5.11. The van der Waals surface area contributed by atoms with Gasteiger partial charge >= 0.3 is 18.4 Å². The van der Waals surface area contributed by atoms with Crippen LogP contribution in [0.15, 0.2) is 42.5 Å². The summed E-state index contributed by atoms with van der Waals surface area (Å²) in [6.07, 6.45) is -10.9. The number of carbonyl (C=O) groups excluding carboxylic acids is 2. The lowest BCUT2D eigenvalue weighted by Crippen LogP contribution is -2.39. The van der Waals surface area contributed by atoms with E-state index in [1.165, 1.54) is 29.2 Å². The van der Waals surface area contributed by atoms with Crippen LogP contribution in [0.3, 0.4) is 0 Å². The number of ether oxygens (including phenoxy) is 1. The van der Waals surface area contributed by atoms with Crippen molar-refractivity contribution in [2.24, 2.45) is 0 Å². The molecule has 0 atom stereocenters. The summed E-state index contributed by atoms with van der Waals surface area (Å²) in [4.78, 5) is 28.7. The quantitative estimate of drug-likeness (QED) is 0.465. The molecule has 0 unspecified atom stereocenters. The number of nitrogens with zero attached hydrogens (tertiary/aromatic N) is 2. The molecule has 0 spiro atoms. The Morgan fingerprint density at radius 1 is 0.886 bits per heavy atom. The van der Waals surface area contributed by atoms with Crippen LogP contribution in [0.1, 0.15) is 35.3 Å². The first-order valence-corrected chi connectivity index (χ1v) is 10.6. The predicted octanol–water partition coefficient (Wildman–Crippen LogP) is 5.75. The largest absolute Gasteiger partial charge is 0.416 e. The Bertz CT molecular complexity index is 1010. The summed E-state index contributed by atoms with van der Waals surface area (Å²) < 4.78 is 83.9. The van der Waals surface area contributed by atoms with Gasteiger partial charge in [-0.3, -0.25) is 4.79 Å². The van der Waals surface area contributed by atoms with Crippen molar-refractivity contribution in [3.05, 3.63) is 59.2 Å². The first-order valence-electron chi connectivity index (χ1n) is 10.6. The van der Waals surface area contributed by atoms with E-state index in [2.05, 4.69) is 0 Å². The molecule has 0 aliphatic heterocycles. The summed E-state index contributed by atoms with van der Waals surface area (Å²) in [7, 11) is 1.87. The summed E-state index contributed by atoms with van der Waals surface area (Å²) in [6.45, 7) is 5.68. The maximum atomic E-state index is 13.1. The van der Waals surface area contributed by atoms with Crippen LogP contribution in [0.5, 0.6) is 5.75 Å². The van der Waals surface area contributed by atoms with Crippen molar-refractivity contribution < 1.29 is 40.7 Å². The van der Waals surface area contributed by atoms with Gasteiger partial charge in [0.1, 0.15) is 5.75 Å². The minimum Gasteiger partial charge on any atom is -0.409 e. The molecule has 0 aromatic heterocycles. The van der Waals surface area contributed by atoms with Crippen LogP contribution >= 0.6 is 0 Å². The fraction of sp³-hybridized carbons (Fsp3) is 0.391. The normalized spacial score (nSPS) is 11.9. The number of halogens is 6. The molecular formula is C23H25F6N3O3. The van der Waals surface area contributed by atoms with Crippen molar-refractivity contribution in [1.29, 1.82) is 0 Å². The van der Waals surface area contributed by atoms with Gasteiger partial charge in [0.25, 0.3) is 5.91 Å². The zero-order valence-corrected chi connectivity index (χ0v) is 19.3. The van der Waals surface area contributed by atoms with Gasteiger partial charge in [-0.25, -0.2) is 4.79 Å². The molecule has 0 bridgehead atoms. The molecule has 2 amide bonds. The van der Waals surface area contributed by atoms with E-state index in [4.69, 9.17) is 4.74 Å². The van der Waals surface area contributed by atoms with E-state index in [1.54, 1.807) is 6.92 Å². The van der Waals surface area contributed by atoms with E-state index in [-0.39, 0.29) is 17.4 Å². The minimum absolute atomic E-state index is 0.0410. The zero-order valence-electron chi connectivity index (χ0n) is 19.3. The zero-order chi connectivity index (χ0) is 26.4. The maximum Gasteiger partial charge on any atom is 0.416 e. The molecule has 12 heteroatoms. The molecule has 0 saturated heterocycles. The second-order valence-electron chi connectivity index (χ2n) is 7.59. The van der Waals surface area contributed by atoms with Crippen molar-refractivity contribution in [1.82, 2.24) is 9.80 Å². The third kappa shape index (κ3) is 7.88. The van der Waals surface area contributed by atoms with Gasteiger partial charge in [-0.2, -0.15) is 26.3 Å². The van der Waals surface area contributed by atoms with Gasteiger partial charge in [-0.05, 0) is 50.8 Å². The highest BCUT2D eigenvalue weighted by atomic mass is 19.4. The minimum atomic E-state index is -5.07. The molecular weight excluding hydrogens is 480 g/mol. The van der Waals surface area contributed by atoms with Crippen molar-refractivity contribution >= 4 is 17.7 Å². The standard InChI is InChI=1S/C23H25F6N3O3/c1-4-31(3)10-11-32(5-2)21(34)35-19-9-7-6-8-18(19)20(33)30-17-13-15(22(24,25)26)12-16(14-17)23(27,28)29/h6-9,12-14H,4-5,10-11H2,1-3H3,(H,30,33). The molecule has 6 nitrogen and oxygen atoms in total. The summed E-state index contributed by atoms with van der Waals surface area (Å²) >= 11 is 0. The van der Waals surface area contributed by atoms with E-state index in [0.29, 0.717) is 31.8 Å². The van der Waals surface area contributed by atoms with Gasteiger partial charge in [0.2, 0.25) is 0 Å². The molecule has 0 saturated carbocycles. The van der Waals surface area contributed by atoms with Crippen LogP contribution in [-0.4, -0.2) is 55.0 Å². The number of para-hydroxylation sites is 1. The monoisotopic (exact) mass is 505 g/mol. The molecule has 0 aliphatic carbocycles. The second-order valence-corrected chi connectivity index (χ2v) is 7.59. The molecule has 0 heterocycles. The fourth-order valence-corrected chi connectivity index (χ4v) is 2.96. The van der Waals surface area contributed by atoms with Crippen LogP contribution in [0.2, 0.25) is 0 Å². The Labute approximate surface area is 198 Å². The average Bonchev–Trinajstić information content (AvgIpc) is 2.78. The highest BCUT2D eigenvalue weighted by Gasteiger charge is 2.37. The van der Waals surface area contributed by atoms with Crippen molar-refractivity contribution in [3.63, 3.8) is 0 Å². The molecule has 0 aliphatic rings. The number of hydrogen-bond acceptors (Lipinski definition) is 4. The first-order chi connectivity index (χ1) is 16.3. The Morgan fingerprint density at radius 3 is 1.97 bits per heavy atom. The first kappa shape index (κ1) is 28.0. The van der Waals surface area contributed by atoms with Crippen LogP contribution in [0, 0.1) is 0 Å². The fourth-order valence-electron chi connectivity index (χ4n) is 2.96. The van der Waals surface area contributed by atoms with Crippen molar-refractivity contribution in [2.75, 3.05) is 38.5 Å². The number of hydrogen-bond donors (Lipinski definition) is 1. The SMILES string of the molecule is CCN(C)CCN(CC)C(=O)Oc1ccccc1C(=O)Nc1cc(C(F)(F)F)cc(C(F)(F)F)c1. The number of amides is 2. The topological polar surface area (TPSA) is 61.9 Å². The summed E-state index contributed by atoms with van der Waals surface area (Å²) in [5.74, 6) is -1.24. The van der Waals surface area contributed by atoms with E-state index in [1.807, 2.05) is 24.2 Å². The lowest BCUT2D eigenvalue weighted by atomic mass is 10.1. The number of anilines is 1. The van der Waals surface area contributed by atoms with Gasteiger partial charge < -0.3 is 19.9 Å². The number of rotatable bonds is 8. The van der Waals surface area contributed by atoms with Crippen LogP contribution in [0.4, 0.5) is 36.8 Å². The van der Waals surface area contributed by atoms with Gasteiger partial charge in [-0.1, -0.05) is 19.1 Å². The Morgan fingerprint density at radius 2 is 1.46 bits per heavy atom. The molecule has 2 rings (SSSR count). The molecule has 192 valence electrons. The number of benzene rings is 2. The Hall–Kier alpha value is -3.28. The highest BCUT2D eigenvalue weighted by molar-refractivity contribution is 6.06. The summed E-state index contributed by atoms with van der Waals surface area (Å²) in [6, 6.07) is 6.15. The van der Waals surface area contributed by atoms with Crippen molar-refractivity contribution in [3.8, 4) is 5.75 Å². The van der Waals surface area contributed by atoms with E-state index in [0.717, 1.165) is 6.54 Å². The third-order valence-corrected chi connectivity index (χ3v) is 5.11. The summed E-state index contributed by atoms with van der Waals surface area (Å²) in [5.41, 5.74) is -4.10. The van der Waals surface area contributed by atoms with Crippen LogP contribution in [-0.2, 0) is 12.4 Å². The smallest absolute Gasteiger partial charge is 0.409 e. The van der Waals surface area contributed by atoms with Gasteiger partial charge in [-0.15, -0.1) is 0 Å². The van der Waals surface area contributed by atoms with Gasteiger partial charge in [0.05, 0.1) is 16.7 Å². The lowest BCUT2D eigenvalue weighted by Gasteiger charge is -2.23. The predicted molar refractivity (Wildman–Crippen MR) is 117 cm³/mol. The second kappa shape index (κ2) is 11.4.